The van der Waals surface area contributed by atoms with E-state index in [1.165, 1.54) is 24.8 Å². The largest absolute Gasteiger partial charge is 0.489 e. The van der Waals surface area contributed by atoms with Crippen LogP contribution < -0.4 is 15.0 Å². The van der Waals surface area contributed by atoms with Crippen molar-refractivity contribution in [1.82, 2.24) is 20.2 Å². The highest BCUT2D eigenvalue weighted by molar-refractivity contribution is 5.94. The molecule has 3 aliphatic rings. The van der Waals surface area contributed by atoms with Crippen molar-refractivity contribution in [3.05, 3.63) is 72.2 Å². The van der Waals surface area contributed by atoms with Crippen molar-refractivity contribution >= 4 is 11.7 Å². The number of amides is 1. The van der Waals surface area contributed by atoms with Gasteiger partial charge in [0.1, 0.15) is 0 Å². The van der Waals surface area contributed by atoms with Gasteiger partial charge in [-0.05, 0) is 80.0 Å². The summed E-state index contributed by atoms with van der Waals surface area (Å²) in [5.41, 5.74) is 4.15. The second-order valence-corrected chi connectivity index (χ2v) is 10.8. The zero-order valence-electron chi connectivity index (χ0n) is 22.0. The molecule has 198 valence electrons. The Labute approximate surface area is 225 Å². The number of rotatable bonds is 7. The Morgan fingerprint density at radius 3 is 2.53 bits per heavy atom. The zero-order valence-corrected chi connectivity index (χ0v) is 22.0. The van der Waals surface area contributed by atoms with Crippen molar-refractivity contribution in [2.45, 2.75) is 44.6 Å². The van der Waals surface area contributed by atoms with Gasteiger partial charge < -0.3 is 15.0 Å². The molecule has 0 atom stereocenters. The third-order valence-corrected chi connectivity index (χ3v) is 8.43. The Hall–Kier alpha value is -3.45. The summed E-state index contributed by atoms with van der Waals surface area (Å²) in [5.74, 6) is 2.83. The minimum atomic E-state index is 0.0352. The van der Waals surface area contributed by atoms with Gasteiger partial charge in [-0.2, -0.15) is 0 Å². The van der Waals surface area contributed by atoms with E-state index in [4.69, 9.17) is 4.74 Å². The summed E-state index contributed by atoms with van der Waals surface area (Å²) in [6, 6.07) is 14.2. The predicted octanol–water partition coefficient (Wildman–Crippen LogP) is 4.58. The number of nitrogens with zero attached hydrogens (tertiary/aromatic N) is 4. The summed E-state index contributed by atoms with van der Waals surface area (Å²) in [6.07, 6.45) is 12.3. The Balaban J connectivity index is 0.911. The van der Waals surface area contributed by atoms with Gasteiger partial charge in [0.2, 0.25) is 0 Å². The number of hydrogen-bond donors (Lipinski definition) is 1. The molecule has 7 heteroatoms. The first-order valence-corrected chi connectivity index (χ1v) is 14.1. The Bertz CT molecular complexity index is 1220. The molecule has 0 radical (unpaired) electrons. The molecule has 38 heavy (non-hydrogen) atoms. The van der Waals surface area contributed by atoms with Gasteiger partial charge in [0.25, 0.3) is 5.91 Å². The maximum atomic E-state index is 12.8. The molecular formula is C31H37N5O2. The number of pyridine rings is 2. The van der Waals surface area contributed by atoms with Crippen LogP contribution in [-0.4, -0.2) is 66.1 Å². The molecule has 1 saturated carbocycles. The number of anilines is 1. The zero-order chi connectivity index (χ0) is 25.7. The summed E-state index contributed by atoms with van der Waals surface area (Å²) < 4.78 is 5.87. The average Bonchev–Trinajstić information content (AvgIpc) is 3.47. The maximum Gasteiger partial charge on any atom is 0.251 e. The molecule has 0 bridgehead atoms. The average molecular weight is 512 g/mol. The Morgan fingerprint density at radius 2 is 1.76 bits per heavy atom. The molecule has 7 nitrogen and oxygen atoms in total. The standard InChI is InChI=1S/C31H37N5O2/c37-31(26-7-5-24(6-8-26)27-2-1-14-32-22-27)34-28-9-3-23(4-10-28)12-16-35-17-19-36(20-18-35)30-29-25(11-15-33-30)13-21-38-29/h1-2,5-8,11,14-15,22-23,28H,3-4,9-10,12-13,16-21H2,(H,34,37). The Morgan fingerprint density at radius 1 is 0.947 bits per heavy atom. The van der Waals surface area contributed by atoms with Crippen LogP contribution in [0.1, 0.15) is 48.0 Å². The van der Waals surface area contributed by atoms with Crippen LogP contribution >= 0.6 is 0 Å². The van der Waals surface area contributed by atoms with Crippen LogP contribution in [0.4, 0.5) is 5.82 Å². The fraction of sp³-hybridized carbons (Fsp3) is 0.452. The highest BCUT2D eigenvalue weighted by Gasteiger charge is 2.26. The third-order valence-electron chi connectivity index (χ3n) is 8.43. The van der Waals surface area contributed by atoms with Crippen LogP contribution in [0.25, 0.3) is 11.1 Å². The Kier molecular flexibility index (Phi) is 7.54. The molecule has 2 aliphatic heterocycles. The predicted molar refractivity (Wildman–Crippen MR) is 150 cm³/mol. The van der Waals surface area contributed by atoms with E-state index in [2.05, 4.69) is 31.2 Å². The van der Waals surface area contributed by atoms with Crippen LogP contribution in [0.15, 0.2) is 61.1 Å². The minimum absolute atomic E-state index is 0.0352. The molecule has 6 rings (SSSR count). The van der Waals surface area contributed by atoms with Crippen LogP contribution in [-0.2, 0) is 6.42 Å². The molecule has 0 spiro atoms. The minimum Gasteiger partial charge on any atom is -0.489 e. The highest BCUT2D eigenvalue weighted by atomic mass is 16.5. The summed E-state index contributed by atoms with van der Waals surface area (Å²) in [4.78, 5) is 26.6. The smallest absolute Gasteiger partial charge is 0.251 e. The van der Waals surface area contributed by atoms with Gasteiger partial charge in [-0.25, -0.2) is 4.98 Å². The monoisotopic (exact) mass is 511 g/mol. The lowest BCUT2D eigenvalue weighted by Crippen LogP contribution is -2.47. The molecule has 4 heterocycles. The quantitative estimate of drug-likeness (QED) is 0.501. The molecule has 0 unspecified atom stereocenters. The van der Waals surface area contributed by atoms with Crippen molar-refractivity contribution in [2.24, 2.45) is 5.92 Å². The van der Waals surface area contributed by atoms with E-state index < -0.39 is 0 Å². The number of nitrogens with one attached hydrogen (secondary N) is 1. The molecule has 1 amide bonds. The van der Waals surface area contributed by atoms with Gasteiger partial charge in [-0.1, -0.05) is 18.2 Å². The summed E-state index contributed by atoms with van der Waals surface area (Å²) in [6.45, 7) is 6.12. The molecule has 2 fully saturated rings. The van der Waals surface area contributed by atoms with Crippen LogP contribution in [0, 0.1) is 5.92 Å². The van der Waals surface area contributed by atoms with Gasteiger partial charge in [0, 0.05) is 68.4 Å². The van der Waals surface area contributed by atoms with E-state index in [0.29, 0.717) is 0 Å². The summed E-state index contributed by atoms with van der Waals surface area (Å²) in [7, 11) is 0. The first-order chi connectivity index (χ1) is 18.7. The van der Waals surface area contributed by atoms with Crippen LogP contribution in [0.3, 0.4) is 0 Å². The van der Waals surface area contributed by atoms with Crippen LogP contribution in [0.2, 0.25) is 0 Å². The lowest BCUT2D eigenvalue weighted by Gasteiger charge is -2.37. The number of carbonyl (C=O) groups is 1. The number of carbonyl (C=O) groups excluding carboxylic acids is 1. The highest BCUT2D eigenvalue weighted by Crippen LogP contribution is 2.34. The molecule has 1 aromatic carbocycles. The number of aromatic nitrogens is 2. The second kappa shape index (κ2) is 11.5. The van der Waals surface area contributed by atoms with Crippen molar-refractivity contribution in [3.8, 4) is 16.9 Å². The molecule has 1 saturated heterocycles. The molecule has 3 aromatic rings. The van der Waals surface area contributed by atoms with E-state index >= 15 is 0 Å². The SMILES string of the molecule is O=C(NC1CCC(CCN2CCN(c3nccc4c3OCC4)CC2)CC1)c1ccc(-c2cccnc2)cc1. The third kappa shape index (κ3) is 5.68. The van der Waals surface area contributed by atoms with Gasteiger partial charge >= 0.3 is 0 Å². The van der Waals surface area contributed by atoms with Crippen molar-refractivity contribution < 1.29 is 9.53 Å². The van der Waals surface area contributed by atoms with E-state index in [9.17, 15) is 4.79 Å². The van der Waals surface area contributed by atoms with Crippen molar-refractivity contribution in [2.75, 3.05) is 44.2 Å². The summed E-state index contributed by atoms with van der Waals surface area (Å²) >= 11 is 0. The number of benzene rings is 1. The number of hydrogen-bond acceptors (Lipinski definition) is 6. The van der Waals surface area contributed by atoms with E-state index in [1.54, 1.807) is 6.20 Å². The van der Waals surface area contributed by atoms with Gasteiger partial charge in [-0.15, -0.1) is 0 Å². The number of piperazine rings is 1. The fourth-order valence-corrected chi connectivity index (χ4v) is 6.08. The fourth-order valence-electron chi connectivity index (χ4n) is 6.08. The normalized spacial score (nSPS) is 21.5. The molecule has 1 N–H and O–H groups in total. The molecule has 2 aromatic heterocycles. The topological polar surface area (TPSA) is 70.6 Å². The maximum absolute atomic E-state index is 12.8. The number of ether oxygens (including phenoxy) is 1. The van der Waals surface area contributed by atoms with Gasteiger partial charge in [0.05, 0.1) is 6.61 Å². The van der Waals surface area contributed by atoms with Crippen molar-refractivity contribution in [3.63, 3.8) is 0 Å². The molecular weight excluding hydrogens is 474 g/mol. The molecule has 1 aliphatic carbocycles. The lowest BCUT2D eigenvalue weighted by atomic mass is 9.84. The number of fused-ring (bicyclic) bond motifs is 1. The first-order valence-electron chi connectivity index (χ1n) is 14.1. The van der Waals surface area contributed by atoms with E-state index in [0.717, 1.165) is 92.8 Å². The van der Waals surface area contributed by atoms with Crippen LogP contribution in [0.5, 0.6) is 5.75 Å². The van der Waals surface area contributed by atoms with Crippen molar-refractivity contribution in [1.29, 1.82) is 0 Å². The van der Waals surface area contributed by atoms with Gasteiger partial charge in [0.15, 0.2) is 11.6 Å². The second-order valence-electron chi connectivity index (χ2n) is 10.8. The first kappa shape index (κ1) is 24.9. The van der Waals surface area contributed by atoms with E-state index in [-0.39, 0.29) is 11.9 Å². The summed E-state index contributed by atoms with van der Waals surface area (Å²) in [5, 5.41) is 3.28. The van der Waals surface area contributed by atoms with Gasteiger partial charge in [-0.3, -0.25) is 14.7 Å². The van der Waals surface area contributed by atoms with E-state index in [1.807, 2.05) is 48.8 Å². The lowest BCUT2D eigenvalue weighted by molar-refractivity contribution is 0.0919.